The number of amides is 2. The summed E-state index contributed by atoms with van der Waals surface area (Å²) in [6.07, 6.45) is 0. The highest BCUT2D eigenvalue weighted by molar-refractivity contribution is 6.40. The highest BCUT2D eigenvalue weighted by Gasteiger charge is 2.39. The van der Waals surface area contributed by atoms with Crippen LogP contribution in [0.4, 0.5) is 5.69 Å². The van der Waals surface area contributed by atoms with Crippen LogP contribution in [-0.2, 0) is 9.59 Å². The minimum atomic E-state index is -0.598. The molecule has 1 aliphatic heterocycles. The van der Waals surface area contributed by atoms with E-state index < -0.39 is 6.04 Å². The number of rotatable bonds is 2. The average Bonchev–Trinajstić information content (AvgIpc) is 2.32. The number of carbonyl (C=O) groups is 2. The van der Waals surface area contributed by atoms with E-state index in [9.17, 15) is 9.59 Å². The van der Waals surface area contributed by atoms with Gasteiger partial charge in [-0.1, -0.05) is 43.1 Å². The fourth-order valence-electron chi connectivity index (χ4n) is 2.21. The lowest BCUT2D eigenvalue weighted by atomic mass is 9.98. The van der Waals surface area contributed by atoms with Crippen LogP contribution in [0, 0.1) is 5.92 Å². The Balaban J connectivity index is 2.55. The molecule has 0 aliphatic carbocycles. The van der Waals surface area contributed by atoms with Gasteiger partial charge in [0.2, 0.25) is 11.8 Å². The fourth-order valence-corrected chi connectivity index (χ4v) is 2.79. The van der Waals surface area contributed by atoms with Gasteiger partial charge in [-0.2, -0.15) is 0 Å². The van der Waals surface area contributed by atoms with Gasteiger partial charge in [-0.3, -0.25) is 14.5 Å². The minimum Gasteiger partial charge on any atom is -0.345 e. The zero-order chi connectivity index (χ0) is 14.2. The summed E-state index contributed by atoms with van der Waals surface area (Å²) in [6, 6.07) is 4.41. The lowest BCUT2D eigenvalue weighted by Crippen LogP contribution is -2.60. The van der Waals surface area contributed by atoms with Crippen LogP contribution in [-0.4, -0.2) is 24.4 Å². The minimum absolute atomic E-state index is 0.0381. The molecule has 2 amide bonds. The molecule has 1 saturated heterocycles. The van der Waals surface area contributed by atoms with Gasteiger partial charge in [0.15, 0.2) is 0 Å². The molecule has 1 fully saturated rings. The Bertz CT molecular complexity index is 511. The quantitative estimate of drug-likeness (QED) is 0.912. The molecule has 1 aromatic rings. The fraction of sp³-hybridized carbons (Fsp3) is 0.385. The maximum Gasteiger partial charge on any atom is 0.247 e. The normalized spacial score (nSPS) is 19.8. The van der Waals surface area contributed by atoms with Crippen LogP contribution in [0.25, 0.3) is 0 Å². The molecule has 1 atom stereocenters. The molecule has 0 radical (unpaired) electrons. The van der Waals surface area contributed by atoms with Gasteiger partial charge in [0.25, 0.3) is 0 Å². The van der Waals surface area contributed by atoms with E-state index in [2.05, 4.69) is 5.32 Å². The Kier molecular flexibility index (Phi) is 4.02. The maximum absolute atomic E-state index is 12.2. The molecule has 2 rings (SSSR count). The monoisotopic (exact) mass is 300 g/mol. The maximum atomic E-state index is 12.2. The topological polar surface area (TPSA) is 49.4 Å². The van der Waals surface area contributed by atoms with Gasteiger partial charge in [-0.25, -0.2) is 0 Å². The van der Waals surface area contributed by atoms with Crippen LogP contribution in [0.5, 0.6) is 0 Å². The largest absolute Gasteiger partial charge is 0.345 e. The summed E-state index contributed by atoms with van der Waals surface area (Å²) >= 11 is 12.3. The first-order valence-corrected chi connectivity index (χ1v) is 6.73. The smallest absolute Gasteiger partial charge is 0.247 e. The molecule has 1 aromatic carbocycles. The SMILES string of the molecule is CC(C)C1C(=O)NCC(=O)N1c1c(Cl)cccc1Cl. The molecule has 1 unspecified atom stereocenters. The zero-order valence-electron chi connectivity index (χ0n) is 10.6. The second-order valence-electron chi connectivity index (χ2n) is 4.74. The van der Waals surface area contributed by atoms with Crippen molar-refractivity contribution in [3.05, 3.63) is 28.2 Å². The van der Waals surface area contributed by atoms with Crippen LogP contribution < -0.4 is 10.2 Å². The predicted molar refractivity (Wildman–Crippen MR) is 75.6 cm³/mol. The second-order valence-corrected chi connectivity index (χ2v) is 5.56. The number of halogens is 2. The molecule has 6 heteroatoms. The molecular weight excluding hydrogens is 287 g/mol. The summed E-state index contributed by atoms with van der Waals surface area (Å²) in [5.41, 5.74) is 0.407. The second kappa shape index (κ2) is 5.39. The van der Waals surface area contributed by atoms with Gasteiger partial charge in [0.05, 0.1) is 22.3 Å². The highest BCUT2D eigenvalue weighted by Crippen LogP contribution is 2.36. The predicted octanol–water partition coefficient (Wildman–Crippen LogP) is 2.48. The number of piperazine rings is 1. The van der Waals surface area contributed by atoms with Crippen molar-refractivity contribution in [3.8, 4) is 0 Å². The standard InChI is InChI=1S/C13H14Cl2N2O2/c1-7(2)11-13(19)16-6-10(18)17(11)12-8(14)4-3-5-9(12)15/h3-5,7,11H,6H2,1-2H3,(H,16,19). The first kappa shape index (κ1) is 14.2. The first-order chi connectivity index (χ1) is 8.93. The highest BCUT2D eigenvalue weighted by atomic mass is 35.5. The van der Waals surface area contributed by atoms with E-state index in [-0.39, 0.29) is 24.3 Å². The van der Waals surface area contributed by atoms with Crippen LogP contribution in [0.2, 0.25) is 10.0 Å². The molecule has 1 N–H and O–H groups in total. The van der Waals surface area contributed by atoms with E-state index in [1.54, 1.807) is 18.2 Å². The molecule has 4 nitrogen and oxygen atoms in total. The third-order valence-electron chi connectivity index (χ3n) is 3.04. The van der Waals surface area contributed by atoms with Gasteiger partial charge in [0, 0.05) is 0 Å². The number of nitrogens with one attached hydrogen (secondary N) is 1. The molecule has 0 saturated carbocycles. The Hall–Kier alpha value is -1.26. The van der Waals surface area contributed by atoms with Crippen molar-refractivity contribution in [1.29, 1.82) is 0 Å². The Morgan fingerprint density at radius 3 is 2.37 bits per heavy atom. The Labute approximate surface area is 121 Å². The zero-order valence-corrected chi connectivity index (χ0v) is 12.1. The van der Waals surface area contributed by atoms with Gasteiger partial charge >= 0.3 is 0 Å². The number of anilines is 1. The van der Waals surface area contributed by atoms with Gasteiger partial charge in [0.1, 0.15) is 6.04 Å². The third kappa shape index (κ3) is 2.55. The summed E-state index contributed by atoms with van der Waals surface area (Å²) in [5.74, 6) is -0.449. The molecule has 0 aromatic heterocycles. The van der Waals surface area contributed by atoms with E-state index >= 15 is 0 Å². The Morgan fingerprint density at radius 1 is 1.26 bits per heavy atom. The van der Waals surface area contributed by atoms with E-state index in [1.165, 1.54) is 4.90 Å². The van der Waals surface area contributed by atoms with Crippen molar-refractivity contribution < 1.29 is 9.59 Å². The van der Waals surface area contributed by atoms with Crippen molar-refractivity contribution in [2.45, 2.75) is 19.9 Å². The molecule has 1 heterocycles. The lowest BCUT2D eigenvalue weighted by molar-refractivity contribution is -0.131. The number of hydrogen-bond acceptors (Lipinski definition) is 2. The number of hydrogen-bond donors (Lipinski definition) is 1. The Morgan fingerprint density at radius 2 is 1.84 bits per heavy atom. The molecule has 102 valence electrons. The summed E-state index contributed by atoms with van der Waals surface area (Å²) < 4.78 is 0. The lowest BCUT2D eigenvalue weighted by Gasteiger charge is -2.37. The molecular formula is C13H14Cl2N2O2. The van der Waals surface area contributed by atoms with E-state index in [0.29, 0.717) is 15.7 Å². The van der Waals surface area contributed by atoms with Gasteiger partial charge < -0.3 is 5.32 Å². The summed E-state index contributed by atoms with van der Waals surface area (Å²) in [7, 11) is 0. The summed E-state index contributed by atoms with van der Waals surface area (Å²) in [4.78, 5) is 25.6. The first-order valence-electron chi connectivity index (χ1n) is 5.97. The average molecular weight is 301 g/mol. The van der Waals surface area contributed by atoms with Crippen molar-refractivity contribution in [1.82, 2.24) is 5.32 Å². The van der Waals surface area contributed by atoms with Crippen molar-refractivity contribution in [3.63, 3.8) is 0 Å². The van der Waals surface area contributed by atoms with E-state index in [4.69, 9.17) is 23.2 Å². The van der Waals surface area contributed by atoms with Crippen LogP contribution >= 0.6 is 23.2 Å². The van der Waals surface area contributed by atoms with Crippen LogP contribution in [0.3, 0.4) is 0 Å². The molecule has 19 heavy (non-hydrogen) atoms. The van der Waals surface area contributed by atoms with E-state index in [1.807, 2.05) is 13.8 Å². The number of benzene rings is 1. The third-order valence-corrected chi connectivity index (χ3v) is 3.65. The van der Waals surface area contributed by atoms with Crippen molar-refractivity contribution in [2.24, 2.45) is 5.92 Å². The number of para-hydroxylation sites is 1. The van der Waals surface area contributed by atoms with Crippen molar-refractivity contribution in [2.75, 3.05) is 11.4 Å². The van der Waals surface area contributed by atoms with E-state index in [0.717, 1.165) is 0 Å². The summed E-state index contributed by atoms with van der Waals surface area (Å²) in [6.45, 7) is 3.71. The van der Waals surface area contributed by atoms with Crippen LogP contribution in [0.15, 0.2) is 18.2 Å². The summed E-state index contributed by atoms with van der Waals surface area (Å²) in [5, 5.41) is 3.31. The van der Waals surface area contributed by atoms with Crippen LogP contribution in [0.1, 0.15) is 13.8 Å². The van der Waals surface area contributed by atoms with Gasteiger partial charge in [-0.05, 0) is 18.1 Å². The molecule has 1 aliphatic rings. The number of carbonyl (C=O) groups excluding carboxylic acids is 2. The van der Waals surface area contributed by atoms with Crippen molar-refractivity contribution >= 4 is 40.7 Å². The molecule has 0 spiro atoms. The van der Waals surface area contributed by atoms with Gasteiger partial charge in [-0.15, -0.1) is 0 Å². The number of nitrogens with zero attached hydrogens (tertiary/aromatic N) is 1. The molecule has 0 bridgehead atoms.